The van der Waals surface area contributed by atoms with Crippen LogP contribution < -0.4 is 10.6 Å². The highest BCUT2D eigenvalue weighted by Crippen LogP contribution is 2.27. The van der Waals surface area contributed by atoms with Crippen LogP contribution in [0, 0.1) is 6.92 Å². The molecule has 0 aliphatic heterocycles. The number of benzene rings is 1. The molecule has 0 spiro atoms. The summed E-state index contributed by atoms with van der Waals surface area (Å²) in [6, 6.07) is 3.85. The van der Waals surface area contributed by atoms with Crippen LogP contribution in [0.1, 0.15) is 35.5 Å². The minimum absolute atomic E-state index is 0.131. The average molecular weight is 452 g/mol. The summed E-state index contributed by atoms with van der Waals surface area (Å²) in [5.41, 5.74) is 3.91. The predicted octanol–water partition coefficient (Wildman–Crippen LogP) is 4.96. The second-order valence-corrected chi connectivity index (χ2v) is 7.95. The molecule has 9 heteroatoms. The lowest BCUT2D eigenvalue weighted by molar-refractivity contribution is -0.142. The quantitative estimate of drug-likeness (QED) is 0.313. The number of hydrogen-bond donors (Lipinski definition) is 3. The number of esters is 1. The van der Waals surface area contributed by atoms with Crippen molar-refractivity contribution in [2.75, 3.05) is 17.2 Å². The van der Waals surface area contributed by atoms with Gasteiger partial charge in [0.05, 0.1) is 36.6 Å². The summed E-state index contributed by atoms with van der Waals surface area (Å²) < 4.78 is 4.92. The molecule has 1 aromatic carbocycles. The Morgan fingerprint density at radius 3 is 2.81 bits per heavy atom. The number of thiazole rings is 1. The number of amides is 1. The number of rotatable bonds is 9. The van der Waals surface area contributed by atoms with Crippen LogP contribution in [0.3, 0.4) is 0 Å². The van der Waals surface area contributed by atoms with E-state index in [1.807, 2.05) is 32.1 Å². The van der Waals surface area contributed by atoms with E-state index in [0.29, 0.717) is 22.2 Å². The maximum atomic E-state index is 12.8. The van der Waals surface area contributed by atoms with Gasteiger partial charge in [0.25, 0.3) is 5.91 Å². The van der Waals surface area contributed by atoms with Crippen molar-refractivity contribution < 1.29 is 14.3 Å². The van der Waals surface area contributed by atoms with E-state index in [-0.39, 0.29) is 18.3 Å². The molecule has 0 radical (unpaired) electrons. The topological polar surface area (TPSA) is 109 Å². The van der Waals surface area contributed by atoms with Crippen LogP contribution in [0.2, 0.25) is 0 Å². The number of aromatic nitrogens is 3. The summed E-state index contributed by atoms with van der Waals surface area (Å²) in [5.74, 6) is -0.554. The van der Waals surface area contributed by atoms with E-state index in [0.717, 1.165) is 27.9 Å². The highest BCUT2D eigenvalue weighted by Gasteiger charge is 2.15. The van der Waals surface area contributed by atoms with Crippen LogP contribution in [0.4, 0.5) is 10.8 Å². The summed E-state index contributed by atoms with van der Waals surface area (Å²) in [6.45, 7) is 9.78. The molecule has 166 valence electrons. The van der Waals surface area contributed by atoms with Gasteiger partial charge in [-0.25, -0.2) is 4.98 Å². The third-order valence-electron chi connectivity index (χ3n) is 4.54. The minimum atomic E-state index is -0.311. The van der Waals surface area contributed by atoms with Gasteiger partial charge in [-0.15, -0.1) is 0 Å². The van der Waals surface area contributed by atoms with Gasteiger partial charge in [0.1, 0.15) is 4.88 Å². The van der Waals surface area contributed by atoms with Gasteiger partial charge in [-0.3, -0.25) is 14.7 Å². The van der Waals surface area contributed by atoms with Crippen molar-refractivity contribution in [2.45, 2.75) is 27.2 Å². The van der Waals surface area contributed by atoms with Gasteiger partial charge in [-0.05, 0) is 44.1 Å². The number of nitrogens with one attached hydrogen (secondary N) is 3. The maximum absolute atomic E-state index is 12.8. The second-order valence-electron chi connectivity index (χ2n) is 6.91. The first-order valence-electron chi connectivity index (χ1n) is 10.1. The molecule has 32 heavy (non-hydrogen) atoms. The number of allylic oxidation sites excluding steroid dienone is 3. The van der Waals surface area contributed by atoms with E-state index in [9.17, 15) is 9.59 Å². The Morgan fingerprint density at radius 1 is 1.25 bits per heavy atom. The van der Waals surface area contributed by atoms with Gasteiger partial charge < -0.3 is 15.4 Å². The number of ether oxygens (including phenoxy) is 1. The third-order valence-corrected chi connectivity index (χ3v) is 5.45. The van der Waals surface area contributed by atoms with Gasteiger partial charge in [-0.1, -0.05) is 36.1 Å². The van der Waals surface area contributed by atoms with Gasteiger partial charge in [0.2, 0.25) is 0 Å². The van der Waals surface area contributed by atoms with Gasteiger partial charge >= 0.3 is 5.97 Å². The second kappa shape index (κ2) is 10.5. The van der Waals surface area contributed by atoms with E-state index in [4.69, 9.17) is 4.74 Å². The van der Waals surface area contributed by atoms with Crippen LogP contribution in [-0.4, -0.2) is 33.7 Å². The average Bonchev–Trinajstić information content (AvgIpc) is 3.42. The van der Waals surface area contributed by atoms with E-state index in [1.165, 1.54) is 17.5 Å². The van der Waals surface area contributed by atoms with Crippen molar-refractivity contribution >= 4 is 44.9 Å². The molecular weight excluding hydrogens is 426 g/mol. The molecule has 0 bridgehead atoms. The van der Waals surface area contributed by atoms with Crippen molar-refractivity contribution in [3.8, 4) is 0 Å². The molecule has 0 fully saturated rings. The van der Waals surface area contributed by atoms with E-state index in [1.54, 1.807) is 25.3 Å². The molecule has 0 aliphatic carbocycles. The summed E-state index contributed by atoms with van der Waals surface area (Å²) >= 11 is 1.24. The number of hydrogen-bond acceptors (Lipinski definition) is 7. The molecule has 0 saturated carbocycles. The Balaban J connectivity index is 1.64. The molecule has 8 nitrogen and oxygen atoms in total. The first-order valence-corrected chi connectivity index (χ1v) is 10.9. The number of anilines is 2. The summed E-state index contributed by atoms with van der Waals surface area (Å²) in [6.07, 6.45) is 8.76. The molecule has 0 saturated heterocycles. The lowest BCUT2D eigenvalue weighted by Crippen LogP contribution is -2.11. The molecule has 3 rings (SSSR count). The molecule has 3 aromatic rings. The summed E-state index contributed by atoms with van der Waals surface area (Å²) in [4.78, 5) is 29.1. The number of fused-ring (bicyclic) bond motifs is 1. The number of H-pyrrole nitrogens is 1. The van der Waals surface area contributed by atoms with Gasteiger partial charge in [0.15, 0.2) is 5.13 Å². The van der Waals surface area contributed by atoms with Crippen molar-refractivity contribution in [1.82, 2.24) is 15.2 Å². The first kappa shape index (κ1) is 23.0. The fourth-order valence-electron chi connectivity index (χ4n) is 2.90. The molecule has 0 aliphatic rings. The van der Waals surface area contributed by atoms with Crippen LogP contribution in [0.5, 0.6) is 0 Å². The highest BCUT2D eigenvalue weighted by atomic mass is 32.1. The van der Waals surface area contributed by atoms with Crippen LogP contribution >= 0.6 is 11.3 Å². The zero-order valence-corrected chi connectivity index (χ0v) is 19.0. The predicted molar refractivity (Wildman–Crippen MR) is 128 cm³/mol. The monoisotopic (exact) mass is 451 g/mol. The zero-order valence-electron chi connectivity index (χ0n) is 18.2. The van der Waals surface area contributed by atoms with Crippen molar-refractivity contribution in [3.05, 3.63) is 71.0 Å². The van der Waals surface area contributed by atoms with E-state index in [2.05, 4.69) is 32.4 Å². The number of aromatic amines is 1. The normalized spacial score (nSPS) is 11.7. The number of aryl methyl sites for hydroxylation is 1. The number of carbonyl (C=O) groups is 2. The van der Waals surface area contributed by atoms with Crippen LogP contribution in [-0.2, 0) is 9.53 Å². The molecule has 3 N–H and O–H groups in total. The number of nitrogens with zero attached hydrogens (tertiary/aromatic N) is 2. The standard InChI is InChI=1S/C23H25N5O3S/c1-5-16(9-7-14(3)11-20(29)31-6-2)26-23-24-13-19(32-23)22(30)27-21-15(4)8-10-18-17(21)12-25-28-18/h5,7-10,12-13H,3,6,11H2,1-2,4H3,(H,24,26)(H,25,28)(H,27,30)/b9-7-,16-5+. The Morgan fingerprint density at radius 2 is 2.06 bits per heavy atom. The molecule has 2 heterocycles. The lowest BCUT2D eigenvalue weighted by atomic mass is 10.1. The third kappa shape index (κ3) is 5.70. The molecule has 0 atom stereocenters. The van der Waals surface area contributed by atoms with Gasteiger partial charge in [-0.2, -0.15) is 5.10 Å². The smallest absolute Gasteiger partial charge is 0.310 e. The molecule has 0 unspecified atom stereocenters. The zero-order chi connectivity index (χ0) is 23.1. The van der Waals surface area contributed by atoms with Crippen molar-refractivity contribution in [1.29, 1.82) is 0 Å². The van der Waals surface area contributed by atoms with Crippen molar-refractivity contribution in [2.24, 2.45) is 0 Å². The molecule has 1 amide bonds. The van der Waals surface area contributed by atoms with E-state index < -0.39 is 0 Å². The fourth-order valence-corrected chi connectivity index (χ4v) is 3.63. The lowest BCUT2D eigenvalue weighted by Gasteiger charge is -2.08. The largest absolute Gasteiger partial charge is 0.466 e. The van der Waals surface area contributed by atoms with Crippen LogP contribution in [0.25, 0.3) is 10.9 Å². The maximum Gasteiger partial charge on any atom is 0.310 e. The van der Waals surface area contributed by atoms with E-state index >= 15 is 0 Å². The van der Waals surface area contributed by atoms with Gasteiger partial charge in [0, 0.05) is 11.1 Å². The Labute approximate surface area is 190 Å². The van der Waals surface area contributed by atoms with Crippen molar-refractivity contribution in [3.63, 3.8) is 0 Å². The Hall–Kier alpha value is -3.72. The Kier molecular flexibility index (Phi) is 7.56. The Bertz CT molecular complexity index is 1210. The summed E-state index contributed by atoms with van der Waals surface area (Å²) in [7, 11) is 0. The highest BCUT2D eigenvalue weighted by molar-refractivity contribution is 7.17. The summed E-state index contributed by atoms with van der Waals surface area (Å²) in [5, 5.41) is 14.5. The minimum Gasteiger partial charge on any atom is -0.466 e. The number of carbonyl (C=O) groups excluding carboxylic acids is 2. The molecular formula is C23H25N5O3S. The first-order chi connectivity index (χ1) is 15.4. The fraction of sp³-hybridized carbons (Fsp3) is 0.217. The van der Waals surface area contributed by atoms with Crippen LogP contribution in [0.15, 0.2) is 60.6 Å². The SMILES string of the molecule is C=C(/C=C\C(=C/C)Nc1ncc(C(=O)Nc2c(C)ccc3[nH]ncc23)s1)CC(=O)OCC. The molecule has 2 aromatic heterocycles.